The SMILES string of the molecule is Cc1cc(C)c([C@H](O)CN)cc1C. The topological polar surface area (TPSA) is 46.2 Å². The molecule has 0 aliphatic heterocycles. The van der Waals surface area contributed by atoms with E-state index in [1.165, 1.54) is 11.1 Å². The standard InChI is InChI=1S/C11H17NO/c1-7-4-9(3)10(5-8(7)2)11(13)6-12/h4-5,11,13H,6,12H2,1-3H3/t11-/m1/s1. The van der Waals surface area contributed by atoms with Gasteiger partial charge in [0.25, 0.3) is 0 Å². The molecular formula is C11H17NO. The fourth-order valence-corrected chi connectivity index (χ4v) is 1.47. The zero-order valence-corrected chi connectivity index (χ0v) is 8.46. The zero-order chi connectivity index (χ0) is 10.0. The molecule has 0 aliphatic carbocycles. The van der Waals surface area contributed by atoms with Crippen LogP contribution >= 0.6 is 0 Å². The maximum absolute atomic E-state index is 9.60. The van der Waals surface area contributed by atoms with Gasteiger partial charge in [-0.15, -0.1) is 0 Å². The molecule has 1 atom stereocenters. The summed E-state index contributed by atoms with van der Waals surface area (Å²) >= 11 is 0. The number of aliphatic hydroxyl groups excluding tert-OH is 1. The Bertz CT molecular complexity index is 307. The van der Waals surface area contributed by atoms with Gasteiger partial charge < -0.3 is 10.8 Å². The highest BCUT2D eigenvalue weighted by molar-refractivity contribution is 5.37. The maximum atomic E-state index is 9.60. The second kappa shape index (κ2) is 3.90. The van der Waals surface area contributed by atoms with Crippen LogP contribution in [0.1, 0.15) is 28.4 Å². The fraction of sp³-hybridized carbons (Fsp3) is 0.455. The molecule has 0 heterocycles. The molecule has 0 unspecified atom stereocenters. The third kappa shape index (κ3) is 2.08. The van der Waals surface area contributed by atoms with Crippen molar-refractivity contribution in [3.8, 4) is 0 Å². The molecule has 0 aliphatic rings. The van der Waals surface area contributed by atoms with Crippen molar-refractivity contribution in [3.63, 3.8) is 0 Å². The van der Waals surface area contributed by atoms with Crippen molar-refractivity contribution in [2.75, 3.05) is 6.54 Å². The van der Waals surface area contributed by atoms with Gasteiger partial charge in [-0.3, -0.25) is 0 Å². The van der Waals surface area contributed by atoms with E-state index < -0.39 is 6.10 Å². The molecule has 0 amide bonds. The first-order valence-electron chi connectivity index (χ1n) is 4.52. The summed E-state index contributed by atoms with van der Waals surface area (Å²) in [4.78, 5) is 0. The molecule has 2 heteroatoms. The van der Waals surface area contributed by atoms with Gasteiger partial charge in [0, 0.05) is 6.54 Å². The highest BCUT2D eigenvalue weighted by Gasteiger charge is 2.09. The third-order valence-electron chi connectivity index (χ3n) is 2.46. The lowest BCUT2D eigenvalue weighted by molar-refractivity contribution is 0.186. The molecule has 0 saturated carbocycles. The predicted octanol–water partition coefficient (Wildman–Crippen LogP) is 1.60. The molecule has 1 aromatic carbocycles. The second-order valence-corrected chi connectivity index (χ2v) is 3.54. The number of aliphatic hydroxyl groups is 1. The first-order chi connectivity index (χ1) is 6.06. The minimum Gasteiger partial charge on any atom is -0.387 e. The highest BCUT2D eigenvalue weighted by atomic mass is 16.3. The van der Waals surface area contributed by atoms with Gasteiger partial charge in [0.2, 0.25) is 0 Å². The quantitative estimate of drug-likeness (QED) is 0.724. The molecule has 1 rings (SSSR count). The Kier molecular flexibility index (Phi) is 3.07. The Balaban J connectivity index is 3.15. The summed E-state index contributed by atoms with van der Waals surface area (Å²) in [6, 6.07) is 4.10. The van der Waals surface area contributed by atoms with E-state index in [0.717, 1.165) is 11.1 Å². The van der Waals surface area contributed by atoms with Gasteiger partial charge in [-0.1, -0.05) is 12.1 Å². The van der Waals surface area contributed by atoms with Crippen molar-refractivity contribution in [1.29, 1.82) is 0 Å². The van der Waals surface area contributed by atoms with Crippen molar-refractivity contribution in [2.45, 2.75) is 26.9 Å². The predicted molar refractivity (Wildman–Crippen MR) is 54.7 cm³/mol. The fourth-order valence-electron chi connectivity index (χ4n) is 1.47. The summed E-state index contributed by atoms with van der Waals surface area (Å²) < 4.78 is 0. The molecule has 0 aromatic heterocycles. The van der Waals surface area contributed by atoms with Gasteiger partial charge in [-0.05, 0) is 43.0 Å². The highest BCUT2D eigenvalue weighted by Crippen LogP contribution is 2.20. The summed E-state index contributed by atoms with van der Waals surface area (Å²) in [5, 5.41) is 9.60. The maximum Gasteiger partial charge on any atom is 0.0914 e. The summed E-state index contributed by atoms with van der Waals surface area (Å²) in [6.45, 7) is 6.40. The summed E-state index contributed by atoms with van der Waals surface area (Å²) in [6.07, 6.45) is -0.528. The number of hydrogen-bond donors (Lipinski definition) is 2. The molecule has 0 saturated heterocycles. The van der Waals surface area contributed by atoms with E-state index in [9.17, 15) is 5.11 Å². The molecule has 13 heavy (non-hydrogen) atoms. The zero-order valence-electron chi connectivity index (χ0n) is 8.46. The van der Waals surface area contributed by atoms with Crippen LogP contribution in [0.4, 0.5) is 0 Å². The Morgan fingerprint density at radius 1 is 1.15 bits per heavy atom. The normalized spacial score (nSPS) is 13.0. The van der Waals surface area contributed by atoms with Gasteiger partial charge in [0.15, 0.2) is 0 Å². The number of aryl methyl sites for hydroxylation is 3. The van der Waals surface area contributed by atoms with E-state index in [1.807, 2.05) is 19.9 Å². The molecule has 72 valence electrons. The van der Waals surface area contributed by atoms with Crippen LogP contribution in [0.3, 0.4) is 0 Å². The molecular weight excluding hydrogens is 162 g/mol. The minimum absolute atomic E-state index is 0.281. The molecule has 3 N–H and O–H groups in total. The summed E-state index contributed by atoms with van der Waals surface area (Å²) in [7, 11) is 0. The number of benzene rings is 1. The van der Waals surface area contributed by atoms with E-state index in [2.05, 4.69) is 13.0 Å². The Hall–Kier alpha value is -0.860. The third-order valence-corrected chi connectivity index (χ3v) is 2.46. The van der Waals surface area contributed by atoms with E-state index in [0.29, 0.717) is 0 Å². The van der Waals surface area contributed by atoms with Gasteiger partial charge in [-0.25, -0.2) is 0 Å². The monoisotopic (exact) mass is 179 g/mol. The van der Waals surface area contributed by atoms with E-state index in [1.54, 1.807) is 0 Å². The van der Waals surface area contributed by atoms with Crippen molar-refractivity contribution in [3.05, 3.63) is 34.4 Å². The Morgan fingerprint density at radius 3 is 2.23 bits per heavy atom. The molecule has 0 spiro atoms. The van der Waals surface area contributed by atoms with Gasteiger partial charge >= 0.3 is 0 Å². The number of rotatable bonds is 2. The lowest BCUT2D eigenvalue weighted by Gasteiger charge is -2.13. The number of nitrogens with two attached hydrogens (primary N) is 1. The van der Waals surface area contributed by atoms with Crippen LogP contribution in [0.5, 0.6) is 0 Å². The van der Waals surface area contributed by atoms with Crippen molar-refractivity contribution < 1.29 is 5.11 Å². The lowest BCUT2D eigenvalue weighted by atomic mass is 9.97. The lowest BCUT2D eigenvalue weighted by Crippen LogP contribution is -2.13. The van der Waals surface area contributed by atoms with E-state index in [-0.39, 0.29) is 6.54 Å². The van der Waals surface area contributed by atoms with Crippen molar-refractivity contribution in [1.82, 2.24) is 0 Å². The average Bonchev–Trinajstić information content (AvgIpc) is 2.10. The second-order valence-electron chi connectivity index (χ2n) is 3.54. The Morgan fingerprint density at radius 2 is 1.69 bits per heavy atom. The van der Waals surface area contributed by atoms with E-state index >= 15 is 0 Å². The summed E-state index contributed by atoms with van der Waals surface area (Å²) in [5.74, 6) is 0. The molecule has 0 fully saturated rings. The first-order valence-corrected chi connectivity index (χ1v) is 4.52. The molecule has 0 radical (unpaired) electrons. The summed E-state index contributed by atoms with van der Waals surface area (Å²) in [5.41, 5.74) is 9.93. The molecule has 2 nitrogen and oxygen atoms in total. The van der Waals surface area contributed by atoms with Crippen LogP contribution in [0.2, 0.25) is 0 Å². The van der Waals surface area contributed by atoms with E-state index in [4.69, 9.17) is 5.73 Å². The van der Waals surface area contributed by atoms with Crippen LogP contribution < -0.4 is 5.73 Å². The average molecular weight is 179 g/mol. The van der Waals surface area contributed by atoms with Gasteiger partial charge in [0.05, 0.1) is 6.10 Å². The van der Waals surface area contributed by atoms with Crippen LogP contribution in [0, 0.1) is 20.8 Å². The van der Waals surface area contributed by atoms with Crippen LogP contribution in [0.25, 0.3) is 0 Å². The first kappa shape index (κ1) is 10.2. The van der Waals surface area contributed by atoms with Crippen LogP contribution in [-0.2, 0) is 0 Å². The molecule has 0 bridgehead atoms. The van der Waals surface area contributed by atoms with Crippen molar-refractivity contribution >= 4 is 0 Å². The minimum atomic E-state index is -0.528. The largest absolute Gasteiger partial charge is 0.387 e. The molecule has 1 aromatic rings. The van der Waals surface area contributed by atoms with Crippen LogP contribution in [-0.4, -0.2) is 11.7 Å². The van der Waals surface area contributed by atoms with Crippen molar-refractivity contribution in [2.24, 2.45) is 5.73 Å². The number of hydrogen-bond acceptors (Lipinski definition) is 2. The van der Waals surface area contributed by atoms with Gasteiger partial charge in [-0.2, -0.15) is 0 Å². The van der Waals surface area contributed by atoms with Crippen LogP contribution in [0.15, 0.2) is 12.1 Å². The Labute approximate surface area is 79.4 Å². The van der Waals surface area contributed by atoms with Gasteiger partial charge in [0.1, 0.15) is 0 Å². The smallest absolute Gasteiger partial charge is 0.0914 e.